The second-order valence-electron chi connectivity index (χ2n) is 14.6. The van der Waals surface area contributed by atoms with Gasteiger partial charge in [-0.25, -0.2) is 15.0 Å². The quantitative estimate of drug-likeness (QED) is 0.181. The van der Waals surface area contributed by atoms with Gasteiger partial charge in [-0.15, -0.1) is 11.3 Å². The molecule has 0 atom stereocenters. The molecule has 260 valence electrons. The molecule has 0 radical (unpaired) electrons. The van der Waals surface area contributed by atoms with Crippen molar-refractivity contribution in [2.45, 2.75) is 5.41 Å². The van der Waals surface area contributed by atoms with Gasteiger partial charge < -0.3 is 0 Å². The fraction of sp³-hybridized carbons (Fsp3) is 0.0192. The second kappa shape index (κ2) is 12.0. The van der Waals surface area contributed by atoms with Gasteiger partial charge in [0.25, 0.3) is 0 Å². The van der Waals surface area contributed by atoms with E-state index in [1.54, 1.807) is 11.3 Å². The molecule has 0 saturated heterocycles. The average Bonchev–Trinajstić information content (AvgIpc) is 3.91. The summed E-state index contributed by atoms with van der Waals surface area (Å²) in [5, 5.41) is 2.47. The van der Waals surface area contributed by atoms with Crippen LogP contribution < -0.4 is 0 Å². The first-order valence-electron chi connectivity index (χ1n) is 19.0. The van der Waals surface area contributed by atoms with Crippen LogP contribution in [0.2, 0.25) is 0 Å². The highest BCUT2D eigenvalue weighted by atomic mass is 32.1. The van der Waals surface area contributed by atoms with Crippen LogP contribution in [-0.2, 0) is 5.41 Å². The number of rotatable bonds is 4. The monoisotopic (exact) mass is 729 g/mol. The molecule has 0 saturated carbocycles. The van der Waals surface area contributed by atoms with Gasteiger partial charge in [0.1, 0.15) is 0 Å². The van der Waals surface area contributed by atoms with E-state index in [0.717, 1.165) is 22.3 Å². The van der Waals surface area contributed by atoms with Crippen LogP contribution in [0.5, 0.6) is 0 Å². The summed E-state index contributed by atoms with van der Waals surface area (Å²) in [4.78, 5) is 15.4. The normalized spacial score (nSPS) is 13.1. The minimum atomic E-state index is -0.421. The molecular weight excluding hydrogens is 699 g/mol. The molecule has 0 aliphatic heterocycles. The number of fused-ring (bicyclic) bond motifs is 13. The molecule has 2 aromatic heterocycles. The molecular formula is C52H31N3S. The summed E-state index contributed by atoms with van der Waals surface area (Å²) >= 11 is 1.79. The number of benzene rings is 8. The standard InChI is InChI=1S/C52H31N3S/c1-2-14-33(15-3-1)49-53-50(55-51(54-49)42-23-13-22-41-39-19-7-11-27-46(39)56-48(41)42)34-30-28-32(29-31-34)35-20-12-21-40-38-18-6-10-26-45(38)52(47(35)40)43-24-8-4-16-36(43)37-17-5-9-25-44(37)52/h1-31H. The van der Waals surface area contributed by atoms with Gasteiger partial charge in [0.2, 0.25) is 0 Å². The van der Waals surface area contributed by atoms with Crippen molar-refractivity contribution in [2.75, 3.05) is 0 Å². The van der Waals surface area contributed by atoms with Gasteiger partial charge in [-0.3, -0.25) is 0 Å². The predicted octanol–water partition coefficient (Wildman–Crippen LogP) is 13.3. The van der Waals surface area contributed by atoms with Gasteiger partial charge in [0, 0.05) is 36.9 Å². The van der Waals surface area contributed by atoms with Gasteiger partial charge in [-0.1, -0.05) is 176 Å². The summed E-state index contributed by atoms with van der Waals surface area (Å²) in [6.45, 7) is 0. The summed E-state index contributed by atoms with van der Waals surface area (Å²) in [7, 11) is 0. The van der Waals surface area contributed by atoms with E-state index >= 15 is 0 Å². The first kappa shape index (κ1) is 31.4. The van der Waals surface area contributed by atoms with Gasteiger partial charge in [0.05, 0.1) is 5.41 Å². The first-order valence-corrected chi connectivity index (χ1v) is 19.8. The highest BCUT2D eigenvalue weighted by molar-refractivity contribution is 7.26. The predicted molar refractivity (Wildman–Crippen MR) is 231 cm³/mol. The summed E-state index contributed by atoms with van der Waals surface area (Å²) in [5.74, 6) is 1.99. The molecule has 56 heavy (non-hydrogen) atoms. The Morgan fingerprint density at radius 2 is 0.786 bits per heavy atom. The van der Waals surface area contributed by atoms with Crippen LogP contribution in [0.3, 0.4) is 0 Å². The molecule has 0 N–H and O–H groups in total. The maximum Gasteiger partial charge on any atom is 0.165 e. The summed E-state index contributed by atoms with van der Waals surface area (Å²) < 4.78 is 2.44. The lowest BCUT2D eigenvalue weighted by Crippen LogP contribution is -2.26. The lowest BCUT2D eigenvalue weighted by molar-refractivity contribution is 0.796. The fourth-order valence-corrected chi connectivity index (χ4v) is 10.7. The fourth-order valence-electron chi connectivity index (χ4n) is 9.46. The molecule has 0 amide bonds. The van der Waals surface area contributed by atoms with Crippen molar-refractivity contribution in [3.8, 4) is 67.5 Å². The van der Waals surface area contributed by atoms with Crippen molar-refractivity contribution in [3.05, 3.63) is 210 Å². The lowest BCUT2D eigenvalue weighted by Gasteiger charge is -2.32. The molecule has 8 aromatic carbocycles. The SMILES string of the molecule is c1ccc(-c2nc(-c3ccc(-c4cccc5c4C4(c6ccccc6-c6ccccc64)c4ccccc4-5)cc3)nc(-c3cccc4c3sc3ccccc34)n2)cc1. The Morgan fingerprint density at radius 1 is 0.321 bits per heavy atom. The smallest absolute Gasteiger partial charge is 0.165 e. The molecule has 2 heterocycles. The third-order valence-corrected chi connectivity index (χ3v) is 13.0. The topological polar surface area (TPSA) is 38.7 Å². The van der Waals surface area contributed by atoms with Crippen LogP contribution in [0, 0.1) is 0 Å². The maximum absolute atomic E-state index is 5.20. The van der Waals surface area contributed by atoms with Crippen molar-refractivity contribution >= 4 is 31.5 Å². The number of hydrogen-bond donors (Lipinski definition) is 0. The van der Waals surface area contributed by atoms with Crippen LogP contribution in [0.15, 0.2) is 188 Å². The Morgan fingerprint density at radius 3 is 1.48 bits per heavy atom. The maximum atomic E-state index is 5.20. The second-order valence-corrected chi connectivity index (χ2v) is 15.7. The van der Waals surface area contributed by atoms with Gasteiger partial charge in [-0.2, -0.15) is 0 Å². The Hall–Kier alpha value is -7.01. The van der Waals surface area contributed by atoms with Crippen molar-refractivity contribution in [2.24, 2.45) is 0 Å². The Kier molecular flexibility index (Phi) is 6.72. The molecule has 1 spiro atoms. The highest BCUT2D eigenvalue weighted by Gasteiger charge is 2.52. The minimum Gasteiger partial charge on any atom is -0.208 e. The zero-order valence-electron chi connectivity index (χ0n) is 30.1. The van der Waals surface area contributed by atoms with Crippen molar-refractivity contribution < 1.29 is 0 Å². The molecule has 10 aromatic rings. The molecule has 0 unspecified atom stereocenters. The number of nitrogens with zero attached hydrogens (tertiary/aromatic N) is 3. The number of hydrogen-bond acceptors (Lipinski definition) is 4. The number of aromatic nitrogens is 3. The molecule has 0 fully saturated rings. The Labute approximate surface area is 328 Å². The van der Waals surface area contributed by atoms with E-state index in [0.29, 0.717) is 17.5 Å². The van der Waals surface area contributed by atoms with Crippen LogP contribution in [-0.4, -0.2) is 15.0 Å². The molecule has 4 heteroatoms. The Bertz CT molecular complexity index is 3130. The first-order chi connectivity index (χ1) is 27.8. The average molecular weight is 730 g/mol. The molecule has 12 rings (SSSR count). The van der Waals surface area contributed by atoms with E-state index in [4.69, 9.17) is 15.0 Å². The third kappa shape index (κ3) is 4.36. The molecule has 0 bridgehead atoms. The van der Waals surface area contributed by atoms with Crippen molar-refractivity contribution in [1.29, 1.82) is 0 Å². The van der Waals surface area contributed by atoms with Crippen LogP contribution in [0.4, 0.5) is 0 Å². The van der Waals surface area contributed by atoms with E-state index in [1.807, 2.05) is 18.2 Å². The van der Waals surface area contributed by atoms with E-state index in [2.05, 4.69) is 170 Å². The van der Waals surface area contributed by atoms with E-state index in [1.165, 1.54) is 70.2 Å². The third-order valence-electron chi connectivity index (χ3n) is 11.8. The van der Waals surface area contributed by atoms with Gasteiger partial charge >= 0.3 is 0 Å². The highest BCUT2D eigenvalue weighted by Crippen LogP contribution is 2.64. The van der Waals surface area contributed by atoms with Crippen molar-refractivity contribution in [3.63, 3.8) is 0 Å². The Balaban J connectivity index is 1.04. The van der Waals surface area contributed by atoms with Crippen LogP contribution >= 0.6 is 11.3 Å². The van der Waals surface area contributed by atoms with E-state index < -0.39 is 5.41 Å². The molecule has 2 aliphatic rings. The minimum absolute atomic E-state index is 0.421. The van der Waals surface area contributed by atoms with Crippen molar-refractivity contribution in [1.82, 2.24) is 15.0 Å². The van der Waals surface area contributed by atoms with Crippen LogP contribution in [0.1, 0.15) is 22.3 Å². The largest absolute Gasteiger partial charge is 0.208 e. The van der Waals surface area contributed by atoms with E-state index in [-0.39, 0.29) is 0 Å². The zero-order valence-corrected chi connectivity index (χ0v) is 31.0. The van der Waals surface area contributed by atoms with Crippen LogP contribution in [0.25, 0.3) is 87.7 Å². The summed E-state index contributed by atoms with van der Waals surface area (Å²) in [6.07, 6.45) is 0. The lowest BCUT2D eigenvalue weighted by atomic mass is 9.68. The molecule has 2 aliphatic carbocycles. The summed E-state index contributed by atoms with van der Waals surface area (Å²) in [6, 6.07) is 67.9. The van der Waals surface area contributed by atoms with Gasteiger partial charge in [0.15, 0.2) is 17.5 Å². The summed E-state index contributed by atoms with van der Waals surface area (Å²) in [5.41, 5.74) is 15.5. The zero-order chi connectivity index (χ0) is 36.8. The van der Waals surface area contributed by atoms with Gasteiger partial charge in [-0.05, 0) is 67.8 Å². The van der Waals surface area contributed by atoms with E-state index in [9.17, 15) is 0 Å². The molecule has 3 nitrogen and oxygen atoms in total. The number of thiophene rings is 1.